The van der Waals surface area contributed by atoms with Crippen LogP contribution in [0.5, 0.6) is 0 Å². The van der Waals surface area contributed by atoms with E-state index in [-0.39, 0.29) is 11.5 Å². The number of carboxylic acid groups (broad SMARTS) is 1. The Bertz CT molecular complexity index is 296. The molecule has 1 N–H and O–H groups in total. The third-order valence-corrected chi connectivity index (χ3v) is 2.96. The molecule has 0 aliphatic rings. The lowest BCUT2D eigenvalue weighted by Gasteiger charge is -2.20. The fourth-order valence-corrected chi connectivity index (χ4v) is 1.71. The van der Waals surface area contributed by atoms with Gasteiger partial charge in [0.05, 0.1) is 0 Å². The van der Waals surface area contributed by atoms with Gasteiger partial charge in [0.2, 0.25) is 0 Å². The van der Waals surface area contributed by atoms with Crippen molar-refractivity contribution in [1.82, 2.24) is 0 Å². The molecule has 0 radical (unpaired) electrons. The Hall–Kier alpha value is -1.32. The van der Waals surface area contributed by atoms with E-state index in [1.54, 1.807) is 0 Å². The van der Waals surface area contributed by atoms with Crippen LogP contribution in [0.4, 0.5) is 0 Å². The molecule has 2 unspecified atom stereocenters. The number of rotatable bonds is 9. The number of esters is 1. The van der Waals surface area contributed by atoms with Gasteiger partial charge in [-0.3, -0.25) is 0 Å². The molecule has 0 saturated carbocycles. The highest BCUT2D eigenvalue weighted by molar-refractivity contribution is 5.89. The lowest BCUT2D eigenvalue weighted by molar-refractivity contribution is -0.162. The fraction of sp³-hybridized carbons (Fsp3) is 0.714. The van der Waals surface area contributed by atoms with E-state index in [0.29, 0.717) is 6.42 Å². The van der Waals surface area contributed by atoms with Crippen molar-refractivity contribution in [2.24, 2.45) is 5.92 Å². The summed E-state index contributed by atoms with van der Waals surface area (Å²) in [6.45, 7) is 9.09. The zero-order valence-corrected chi connectivity index (χ0v) is 11.6. The Morgan fingerprint density at radius 1 is 1.33 bits per heavy atom. The lowest BCUT2D eigenvalue weighted by Crippen LogP contribution is -2.29. The average Bonchev–Trinajstić information content (AvgIpc) is 2.32. The summed E-state index contributed by atoms with van der Waals surface area (Å²) in [5.74, 6) is -1.43. The molecule has 4 nitrogen and oxygen atoms in total. The Morgan fingerprint density at radius 2 is 1.94 bits per heavy atom. The standard InChI is InChI=1S/C14H24O4/c1-5-7-8-11(6-2)9-12(13(15)16)18-14(17)10(3)4/h11-12H,3,5-9H2,1-2,4H3,(H,15,16). The summed E-state index contributed by atoms with van der Waals surface area (Å²) in [6, 6.07) is 0. The third kappa shape index (κ3) is 6.42. The van der Waals surface area contributed by atoms with Crippen LogP contribution in [0.1, 0.15) is 52.9 Å². The maximum absolute atomic E-state index is 11.4. The van der Waals surface area contributed by atoms with Gasteiger partial charge in [0.1, 0.15) is 0 Å². The van der Waals surface area contributed by atoms with Gasteiger partial charge in [0, 0.05) is 5.57 Å². The van der Waals surface area contributed by atoms with Crippen LogP contribution < -0.4 is 0 Å². The van der Waals surface area contributed by atoms with Crippen LogP contribution in [0.3, 0.4) is 0 Å². The molecular weight excluding hydrogens is 232 g/mol. The minimum atomic E-state index is -1.08. The largest absolute Gasteiger partial charge is 0.479 e. The number of carbonyl (C=O) groups is 2. The molecule has 0 aliphatic carbocycles. The fourth-order valence-electron chi connectivity index (χ4n) is 1.71. The second-order valence-corrected chi connectivity index (χ2v) is 4.66. The minimum absolute atomic E-state index is 0.225. The van der Waals surface area contributed by atoms with Crippen molar-refractivity contribution < 1.29 is 19.4 Å². The Balaban J connectivity index is 4.45. The van der Waals surface area contributed by atoms with Crippen molar-refractivity contribution in [2.45, 2.75) is 59.0 Å². The first-order valence-electron chi connectivity index (χ1n) is 6.51. The molecule has 18 heavy (non-hydrogen) atoms. The van der Waals surface area contributed by atoms with Crippen LogP contribution in [-0.2, 0) is 14.3 Å². The SMILES string of the molecule is C=C(C)C(=O)OC(CC(CC)CCCC)C(=O)O. The number of unbranched alkanes of at least 4 members (excludes halogenated alkanes) is 1. The molecule has 0 fully saturated rings. The second kappa shape index (κ2) is 8.72. The van der Waals surface area contributed by atoms with E-state index in [4.69, 9.17) is 9.84 Å². The van der Waals surface area contributed by atoms with Gasteiger partial charge in [-0.25, -0.2) is 9.59 Å². The molecule has 0 rings (SSSR count). The maximum atomic E-state index is 11.4. The van der Waals surface area contributed by atoms with Crippen LogP contribution in [0.2, 0.25) is 0 Å². The van der Waals surface area contributed by atoms with Gasteiger partial charge in [-0.15, -0.1) is 0 Å². The quantitative estimate of drug-likeness (QED) is 0.508. The molecule has 4 heteroatoms. The molecule has 0 aromatic heterocycles. The molecule has 0 aliphatic heterocycles. The zero-order valence-electron chi connectivity index (χ0n) is 11.6. The van der Waals surface area contributed by atoms with E-state index in [0.717, 1.165) is 25.7 Å². The van der Waals surface area contributed by atoms with Crippen molar-refractivity contribution >= 4 is 11.9 Å². The molecular formula is C14H24O4. The van der Waals surface area contributed by atoms with Crippen molar-refractivity contribution in [3.05, 3.63) is 12.2 Å². The normalized spacial score (nSPS) is 13.7. The van der Waals surface area contributed by atoms with Crippen LogP contribution in [0.25, 0.3) is 0 Å². The molecule has 0 heterocycles. The second-order valence-electron chi connectivity index (χ2n) is 4.66. The Labute approximate surface area is 109 Å². The number of hydrogen-bond donors (Lipinski definition) is 1. The zero-order chi connectivity index (χ0) is 14.1. The topological polar surface area (TPSA) is 63.6 Å². The van der Waals surface area contributed by atoms with Gasteiger partial charge in [0.25, 0.3) is 0 Å². The van der Waals surface area contributed by atoms with E-state index in [2.05, 4.69) is 13.5 Å². The van der Waals surface area contributed by atoms with Crippen molar-refractivity contribution in [3.8, 4) is 0 Å². The smallest absolute Gasteiger partial charge is 0.345 e. The van der Waals surface area contributed by atoms with Gasteiger partial charge in [-0.1, -0.05) is 46.1 Å². The van der Waals surface area contributed by atoms with Crippen LogP contribution >= 0.6 is 0 Å². The predicted octanol–water partition coefficient (Wildman–Crippen LogP) is 3.17. The summed E-state index contributed by atoms with van der Waals surface area (Å²) in [7, 11) is 0. The van der Waals surface area contributed by atoms with Gasteiger partial charge in [-0.2, -0.15) is 0 Å². The van der Waals surface area contributed by atoms with Gasteiger partial charge in [-0.05, 0) is 19.3 Å². The van der Waals surface area contributed by atoms with Gasteiger partial charge >= 0.3 is 11.9 Å². The molecule has 0 aromatic rings. The Kier molecular flexibility index (Phi) is 8.08. The van der Waals surface area contributed by atoms with E-state index in [1.165, 1.54) is 6.92 Å². The van der Waals surface area contributed by atoms with Crippen molar-refractivity contribution in [1.29, 1.82) is 0 Å². The highest BCUT2D eigenvalue weighted by Gasteiger charge is 2.25. The van der Waals surface area contributed by atoms with Gasteiger partial charge < -0.3 is 9.84 Å². The molecule has 0 saturated heterocycles. The van der Waals surface area contributed by atoms with Crippen LogP contribution in [0.15, 0.2) is 12.2 Å². The lowest BCUT2D eigenvalue weighted by atomic mass is 9.93. The number of aliphatic carboxylic acids is 1. The first-order chi connectivity index (χ1) is 8.42. The summed E-state index contributed by atoms with van der Waals surface area (Å²) in [6.07, 6.45) is 3.34. The number of carboxylic acids is 1. The highest BCUT2D eigenvalue weighted by Crippen LogP contribution is 2.20. The number of ether oxygens (including phenoxy) is 1. The summed E-state index contributed by atoms with van der Waals surface area (Å²) >= 11 is 0. The van der Waals surface area contributed by atoms with E-state index in [9.17, 15) is 9.59 Å². The Morgan fingerprint density at radius 3 is 2.33 bits per heavy atom. The minimum Gasteiger partial charge on any atom is -0.479 e. The summed E-state index contributed by atoms with van der Waals surface area (Å²) in [5, 5.41) is 9.07. The summed E-state index contributed by atoms with van der Waals surface area (Å²) in [5.41, 5.74) is 0.225. The predicted molar refractivity (Wildman–Crippen MR) is 70.3 cm³/mol. The van der Waals surface area contributed by atoms with Crippen LogP contribution in [0, 0.1) is 5.92 Å². The van der Waals surface area contributed by atoms with E-state index >= 15 is 0 Å². The van der Waals surface area contributed by atoms with Gasteiger partial charge in [0.15, 0.2) is 6.10 Å². The molecule has 2 atom stereocenters. The summed E-state index contributed by atoms with van der Waals surface area (Å²) < 4.78 is 4.95. The third-order valence-electron chi connectivity index (χ3n) is 2.96. The molecule has 0 amide bonds. The van der Waals surface area contributed by atoms with Crippen molar-refractivity contribution in [3.63, 3.8) is 0 Å². The first-order valence-corrected chi connectivity index (χ1v) is 6.51. The summed E-state index contributed by atoms with van der Waals surface area (Å²) in [4.78, 5) is 22.4. The van der Waals surface area contributed by atoms with Crippen molar-refractivity contribution in [2.75, 3.05) is 0 Å². The first kappa shape index (κ1) is 16.7. The molecule has 0 aromatic carbocycles. The highest BCUT2D eigenvalue weighted by atomic mass is 16.6. The van der Waals surface area contributed by atoms with E-state index < -0.39 is 18.0 Å². The average molecular weight is 256 g/mol. The maximum Gasteiger partial charge on any atom is 0.345 e. The molecule has 0 spiro atoms. The molecule has 104 valence electrons. The molecule has 0 bridgehead atoms. The van der Waals surface area contributed by atoms with Crippen LogP contribution in [-0.4, -0.2) is 23.1 Å². The number of carbonyl (C=O) groups excluding carboxylic acids is 1. The monoisotopic (exact) mass is 256 g/mol. The number of hydrogen-bond acceptors (Lipinski definition) is 3. The van der Waals surface area contributed by atoms with E-state index in [1.807, 2.05) is 6.92 Å².